The Morgan fingerprint density at radius 2 is 2.00 bits per heavy atom. The Hall–Kier alpha value is -2.93. The summed E-state index contributed by atoms with van der Waals surface area (Å²) in [4.78, 5) is 13.0. The highest BCUT2D eigenvalue weighted by atomic mass is 16.6. The number of non-ortho nitro benzene ring substituents is 1. The molecule has 2 aromatic rings. The quantitative estimate of drug-likeness (QED) is 0.474. The molecule has 1 atom stereocenters. The number of ether oxygens (including phenoxy) is 1. The van der Waals surface area contributed by atoms with E-state index in [2.05, 4.69) is 4.90 Å². The predicted octanol–water partition coefficient (Wildman–Crippen LogP) is 3.64. The molecule has 0 aromatic heterocycles. The summed E-state index contributed by atoms with van der Waals surface area (Å²) in [6.07, 6.45) is 4.01. The summed E-state index contributed by atoms with van der Waals surface area (Å²) in [5.41, 5.74) is 0.229. The molecule has 7 heteroatoms. The molecule has 0 amide bonds. The van der Waals surface area contributed by atoms with Crippen LogP contribution in [0.15, 0.2) is 48.5 Å². The fourth-order valence-electron chi connectivity index (χ4n) is 4.31. The Morgan fingerprint density at radius 3 is 2.72 bits per heavy atom. The predicted molar refractivity (Wildman–Crippen MR) is 111 cm³/mol. The maximum Gasteiger partial charge on any atom is 0.271 e. The fraction of sp³-hybridized carbons (Fsp3) is 0.409. The number of β-amino-alcohol motifs (C(OH)–C–C–N with tert-alkyl or cyclic N) is 1. The van der Waals surface area contributed by atoms with Crippen LogP contribution < -0.4 is 9.64 Å². The van der Waals surface area contributed by atoms with Crippen molar-refractivity contribution >= 4 is 17.2 Å². The van der Waals surface area contributed by atoms with Crippen LogP contribution in [0.25, 0.3) is 0 Å². The standard InChI is InChI=1S/C22H26N3O4/c1-2-29-20-12-10-18(11-13-20)23-16-22(26,24-14-5-3-4-9-21(23)24)17-7-6-8-19(15-17)25(27)28/h6-8,10-13,15,26H,2-5,9,14,16H2,1H3/q+1/t22-/m1/s1. The van der Waals surface area contributed by atoms with Crippen molar-refractivity contribution in [2.24, 2.45) is 0 Å². The van der Waals surface area contributed by atoms with Gasteiger partial charge in [-0.3, -0.25) is 10.1 Å². The lowest BCUT2D eigenvalue weighted by Gasteiger charge is -2.23. The van der Waals surface area contributed by atoms with Gasteiger partial charge in [-0.2, -0.15) is 0 Å². The molecule has 152 valence electrons. The first kappa shape index (κ1) is 19.4. The lowest BCUT2D eigenvalue weighted by Crippen LogP contribution is -2.41. The van der Waals surface area contributed by atoms with Crippen LogP contribution >= 0.6 is 0 Å². The number of nitro groups is 1. The van der Waals surface area contributed by atoms with Crippen LogP contribution in [0.1, 0.15) is 38.2 Å². The monoisotopic (exact) mass is 396 g/mol. The third kappa shape index (κ3) is 3.58. The van der Waals surface area contributed by atoms with Crippen molar-refractivity contribution in [3.63, 3.8) is 0 Å². The first-order valence-electron chi connectivity index (χ1n) is 10.1. The molecule has 0 bridgehead atoms. The van der Waals surface area contributed by atoms with Crippen molar-refractivity contribution in [3.8, 4) is 5.75 Å². The van der Waals surface area contributed by atoms with Crippen molar-refractivity contribution in [2.75, 3.05) is 24.6 Å². The van der Waals surface area contributed by atoms with E-state index in [1.807, 2.05) is 35.8 Å². The zero-order valence-corrected chi connectivity index (χ0v) is 16.6. The van der Waals surface area contributed by atoms with Crippen molar-refractivity contribution in [3.05, 3.63) is 64.2 Å². The van der Waals surface area contributed by atoms with Crippen molar-refractivity contribution in [1.29, 1.82) is 0 Å². The van der Waals surface area contributed by atoms with Gasteiger partial charge in [-0.25, -0.2) is 9.48 Å². The number of amidine groups is 1. The first-order valence-corrected chi connectivity index (χ1v) is 10.1. The number of hydrogen-bond donors (Lipinski definition) is 1. The second-order valence-corrected chi connectivity index (χ2v) is 7.52. The molecule has 2 aliphatic rings. The molecule has 0 radical (unpaired) electrons. The third-order valence-corrected chi connectivity index (χ3v) is 5.71. The number of benzene rings is 2. The van der Waals surface area contributed by atoms with Crippen LogP contribution in [0.5, 0.6) is 5.75 Å². The molecule has 4 rings (SSSR count). The summed E-state index contributed by atoms with van der Waals surface area (Å²) in [7, 11) is 0. The smallest absolute Gasteiger partial charge is 0.271 e. The van der Waals surface area contributed by atoms with Gasteiger partial charge in [0.15, 0.2) is 6.54 Å². The van der Waals surface area contributed by atoms with Crippen LogP contribution in [0.4, 0.5) is 11.4 Å². The normalized spacial score (nSPS) is 21.7. The van der Waals surface area contributed by atoms with E-state index in [9.17, 15) is 15.2 Å². The second-order valence-electron chi connectivity index (χ2n) is 7.52. The molecule has 0 spiro atoms. The first-order chi connectivity index (χ1) is 14.0. The van der Waals surface area contributed by atoms with E-state index in [4.69, 9.17) is 4.74 Å². The van der Waals surface area contributed by atoms with Gasteiger partial charge in [0.1, 0.15) is 11.4 Å². The third-order valence-electron chi connectivity index (χ3n) is 5.71. The highest BCUT2D eigenvalue weighted by Crippen LogP contribution is 2.36. The van der Waals surface area contributed by atoms with Gasteiger partial charge in [0.05, 0.1) is 18.1 Å². The van der Waals surface area contributed by atoms with Gasteiger partial charge in [-0.15, -0.1) is 0 Å². The van der Waals surface area contributed by atoms with Crippen molar-refractivity contribution < 1.29 is 19.3 Å². The Labute approximate surface area is 170 Å². The van der Waals surface area contributed by atoms with Gasteiger partial charge >= 0.3 is 0 Å². The fourth-order valence-corrected chi connectivity index (χ4v) is 4.31. The minimum Gasteiger partial charge on any atom is -0.494 e. The van der Waals surface area contributed by atoms with E-state index in [0.717, 1.165) is 49.5 Å². The van der Waals surface area contributed by atoms with Gasteiger partial charge in [-0.1, -0.05) is 12.1 Å². The average Bonchev–Trinajstić information content (AvgIpc) is 2.88. The van der Waals surface area contributed by atoms with Gasteiger partial charge in [0, 0.05) is 24.1 Å². The molecular formula is C22H26N3O4+. The highest BCUT2D eigenvalue weighted by molar-refractivity contribution is 5.96. The Kier molecular flexibility index (Phi) is 5.24. The molecule has 0 saturated heterocycles. The summed E-state index contributed by atoms with van der Waals surface area (Å²) in [5, 5.41) is 23.0. The maximum absolute atomic E-state index is 11.8. The molecule has 0 unspecified atom stereocenters. The Balaban J connectivity index is 1.75. The molecule has 7 nitrogen and oxygen atoms in total. The molecule has 2 aromatic carbocycles. The number of nitrogens with zero attached hydrogens (tertiary/aromatic N) is 3. The topological polar surface area (TPSA) is 78.9 Å². The second kappa shape index (κ2) is 7.83. The van der Waals surface area contributed by atoms with Crippen LogP contribution in [0.2, 0.25) is 0 Å². The molecule has 29 heavy (non-hydrogen) atoms. The van der Waals surface area contributed by atoms with Crippen LogP contribution in [0.3, 0.4) is 0 Å². The largest absolute Gasteiger partial charge is 0.494 e. The van der Waals surface area contributed by atoms with E-state index >= 15 is 0 Å². The maximum atomic E-state index is 11.8. The van der Waals surface area contributed by atoms with E-state index in [1.54, 1.807) is 12.1 Å². The summed E-state index contributed by atoms with van der Waals surface area (Å²) in [6.45, 7) is 3.62. The summed E-state index contributed by atoms with van der Waals surface area (Å²) < 4.78 is 7.58. The van der Waals surface area contributed by atoms with E-state index in [1.165, 1.54) is 12.1 Å². The highest BCUT2D eigenvalue weighted by Gasteiger charge is 2.52. The zero-order chi connectivity index (χ0) is 20.4. The van der Waals surface area contributed by atoms with Crippen LogP contribution in [-0.2, 0) is 5.72 Å². The molecule has 2 aliphatic heterocycles. The minimum absolute atomic E-state index is 0.00758. The van der Waals surface area contributed by atoms with Crippen LogP contribution in [-0.4, -0.2) is 40.1 Å². The van der Waals surface area contributed by atoms with Gasteiger partial charge < -0.3 is 9.84 Å². The van der Waals surface area contributed by atoms with E-state index in [0.29, 0.717) is 18.7 Å². The molecule has 0 saturated carbocycles. The molecule has 2 heterocycles. The SMILES string of the molecule is CCOc1ccc(N2C[C@@](O)(c3cccc([N+](=O)[O-])c3)[N+]3=C2CCCCC3)cc1. The van der Waals surface area contributed by atoms with Gasteiger partial charge in [0.2, 0.25) is 0 Å². The minimum atomic E-state index is -1.30. The molecule has 0 fully saturated rings. The molecular weight excluding hydrogens is 370 g/mol. The number of anilines is 1. The molecule has 1 N–H and O–H groups in total. The number of hydrogen-bond acceptors (Lipinski definition) is 5. The Morgan fingerprint density at radius 1 is 1.21 bits per heavy atom. The van der Waals surface area contributed by atoms with Crippen LogP contribution in [0, 0.1) is 10.1 Å². The molecule has 0 aliphatic carbocycles. The lowest BCUT2D eigenvalue weighted by atomic mass is 10.0. The summed E-state index contributed by atoms with van der Waals surface area (Å²) in [6, 6.07) is 14.2. The zero-order valence-electron chi connectivity index (χ0n) is 16.6. The average molecular weight is 396 g/mol. The number of nitro benzene ring substituents is 1. The van der Waals surface area contributed by atoms with Gasteiger partial charge in [-0.05, 0) is 50.5 Å². The number of rotatable bonds is 5. The Bertz CT molecular complexity index is 941. The van der Waals surface area contributed by atoms with E-state index < -0.39 is 10.6 Å². The lowest BCUT2D eigenvalue weighted by molar-refractivity contribution is -0.658. The van der Waals surface area contributed by atoms with Crippen molar-refractivity contribution in [1.82, 2.24) is 0 Å². The van der Waals surface area contributed by atoms with Crippen molar-refractivity contribution in [2.45, 2.75) is 38.3 Å². The summed E-state index contributed by atoms with van der Waals surface area (Å²) in [5.74, 6) is 1.88. The number of aliphatic hydroxyl groups is 1. The van der Waals surface area contributed by atoms with E-state index in [-0.39, 0.29) is 5.69 Å². The summed E-state index contributed by atoms with van der Waals surface area (Å²) >= 11 is 0. The van der Waals surface area contributed by atoms with Gasteiger partial charge in [0.25, 0.3) is 17.2 Å².